The highest BCUT2D eigenvalue weighted by molar-refractivity contribution is 8.01. The lowest BCUT2D eigenvalue weighted by molar-refractivity contribution is -0.139. The SMILES string of the molecule is Nc1ncnc2c1ncn2[C@@H]1O[C@H](C[S+](CCSCC[C@H](N)C(=O)O)CC[C@H](N)C(=O)O)[C@@H](O)[C@H]1O. The number of carboxylic acid groups (broad SMARTS) is 2. The summed E-state index contributed by atoms with van der Waals surface area (Å²) in [6.07, 6.45) is -0.803. The van der Waals surface area contributed by atoms with Gasteiger partial charge in [0.15, 0.2) is 17.7 Å². The van der Waals surface area contributed by atoms with Gasteiger partial charge in [0.1, 0.15) is 59.5 Å². The molecule has 3 heterocycles. The molecule has 1 fully saturated rings. The average Bonchev–Trinajstić information content (AvgIpc) is 3.38. The molecule has 200 valence electrons. The molecule has 2 aromatic rings. The van der Waals surface area contributed by atoms with Gasteiger partial charge in [-0.3, -0.25) is 14.2 Å². The molecule has 0 saturated carbocycles. The molecule has 7 atom stereocenters. The third kappa shape index (κ3) is 6.96. The number of thioether (sulfide) groups is 1. The largest absolute Gasteiger partial charge is 0.480 e. The smallest absolute Gasteiger partial charge is 0.320 e. The van der Waals surface area contributed by atoms with Gasteiger partial charge in [-0.15, -0.1) is 0 Å². The number of ether oxygens (including phenoxy) is 1. The van der Waals surface area contributed by atoms with Crippen molar-refractivity contribution in [1.82, 2.24) is 19.5 Å². The van der Waals surface area contributed by atoms with Crippen LogP contribution in [0.3, 0.4) is 0 Å². The predicted molar refractivity (Wildman–Crippen MR) is 135 cm³/mol. The first kappa shape index (κ1) is 28.4. The fourth-order valence-corrected chi connectivity index (χ4v) is 7.59. The van der Waals surface area contributed by atoms with E-state index in [1.807, 2.05) is 0 Å². The van der Waals surface area contributed by atoms with Gasteiger partial charge in [0, 0.05) is 12.2 Å². The lowest BCUT2D eigenvalue weighted by atomic mass is 10.1. The van der Waals surface area contributed by atoms with Gasteiger partial charge in [0.25, 0.3) is 0 Å². The minimum Gasteiger partial charge on any atom is -0.480 e. The second-order valence-electron chi connectivity index (χ2n) is 8.40. The summed E-state index contributed by atoms with van der Waals surface area (Å²) in [5.41, 5.74) is 17.8. The second-order valence-corrected chi connectivity index (χ2v) is 12.0. The van der Waals surface area contributed by atoms with Crippen LogP contribution in [0.15, 0.2) is 12.7 Å². The van der Waals surface area contributed by atoms with Crippen LogP contribution in [0.4, 0.5) is 5.82 Å². The van der Waals surface area contributed by atoms with Gasteiger partial charge < -0.3 is 42.4 Å². The van der Waals surface area contributed by atoms with Gasteiger partial charge in [-0.05, 0) is 23.1 Å². The monoisotopic (exact) mass is 546 g/mol. The maximum absolute atomic E-state index is 11.2. The number of aliphatic hydroxyl groups is 2. The van der Waals surface area contributed by atoms with Crippen LogP contribution >= 0.6 is 11.8 Å². The molecule has 36 heavy (non-hydrogen) atoms. The van der Waals surface area contributed by atoms with E-state index >= 15 is 0 Å². The molecule has 14 nitrogen and oxygen atoms in total. The average molecular weight is 547 g/mol. The van der Waals surface area contributed by atoms with Gasteiger partial charge in [-0.2, -0.15) is 11.8 Å². The van der Waals surface area contributed by atoms with Gasteiger partial charge in [0.05, 0.1) is 6.33 Å². The lowest BCUT2D eigenvalue weighted by Crippen LogP contribution is -2.39. The summed E-state index contributed by atoms with van der Waals surface area (Å²) in [5, 5.41) is 39.5. The molecule has 0 aliphatic carbocycles. The van der Waals surface area contributed by atoms with Crippen molar-refractivity contribution in [2.45, 2.75) is 49.5 Å². The number of rotatable bonds is 14. The Hall–Kier alpha value is -2.21. The zero-order valence-electron chi connectivity index (χ0n) is 19.4. The standard InChI is InChI=1S/C20H31N7O7S2/c21-10(19(30)31)1-3-35-4-6-36(5-2-11(22)20(32)33)7-12-14(28)15(29)18(34-12)27-9-26-13-16(23)24-8-25-17(13)27/h8-12,14-15,18,28-29H,1-7,21-22H2,(H3-,23,24,25,30,31,32,33)/p+1/t10-,11-,12+,14+,15+,18+,36?/m0/s1. The first-order chi connectivity index (χ1) is 17.1. The van der Waals surface area contributed by atoms with Crippen LogP contribution in [-0.2, 0) is 25.2 Å². The van der Waals surface area contributed by atoms with Crippen molar-refractivity contribution < 1.29 is 34.8 Å². The van der Waals surface area contributed by atoms with Crippen molar-refractivity contribution >= 4 is 51.6 Å². The van der Waals surface area contributed by atoms with E-state index in [2.05, 4.69) is 15.0 Å². The molecule has 3 rings (SSSR count). The van der Waals surface area contributed by atoms with Crippen molar-refractivity contribution in [1.29, 1.82) is 0 Å². The highest BCUT2D eigenvalue weighted by atomic mass is 32.2. The summed E-state index contributed by atoms with van der Waals surface area (Å²) in [5.74, 6) is 0.894. The van der Waals surface area contributed by atoms with Crippen LogP contribution in [0, 0.1) is 0 Å². The van der Waals surface area contributed by atoms with Crippen molar-refractivity contribution in [2.24, 2.45) is 11.5 Å². The maximum Gasteiger partial charge on any atom is 0.320 e. The molecule has 0 spiro atoms. The Bertz CT molecular complexity index is 1050. The quantitative estimate of drug-likeness (QED) is 0.0999. The predicted octanol–water partition coefficient (Wildman–Crippen LogP) is -2.02. The topological polar surface area (TPSA) is 246 Å². The Morgan fingerprint density at radius 1 is 1.06 bits per heavy atom. The van der Waals surface area contributed by atoms with Crippen LogP contribution in [0.25, 0.3) is 11.2 Å². The summed E-state index contributed by atoms with van der Waals surface area (Å²) in [6, 6.07) is -1.92. The van der Waals surface area contributed by atoms with Crippen LogP contribution in [0.5, 0.6) is 0 Å². The molecule has 2 aromatic heterocycles. The number of nitrogen functional groups attached to an aromatic ring is 1. The zero-order valence-corrected chi connectivity index (χ0v) is 21.1. The number of nitrogens with zero attached hydrogens (tertiary/aromatic N) is 4. The molecule has 1 unspecified atom stereocenters. The molecule has 10 N–H and O–H groups in total. The Kier molecular flexibility index (Phi) is 10.1. The number of aliphatic carboxylic acids is 2. The van der Waals surface area contributed by atoms with Gasteiger partial charge >= 0.3 is 11.9 Å². The summed E-state index contributed by atoms with van der Waals surface area (Å²) in [7, 11) is -0.381. The molecule has 1 saturated heterocycles. The second kappa shape index (κ2) is 12.8. The van der Waals surface area contributed by atoms with Crippen LogP contribution in [-0.4, -0.2) is 111 Å². The molecule has 0 aromatic carbocycles. The highest BCUT2D eigenvalue weighted by Gasteiger charge is 2.47. The lowest BCUT2D eigenvalue weighted by Gasteiger charge is -2.17. The maximum atomic E-state index is 11.2. The van der Waals surface area contributed by atoms with E-state index in [0.717, 1.165) is 0 Å². The minimum atomic E-state index is -1.25. The molecular weight excluding hydrogens is 514 g/mol. The van der Waals surface area contributed by atoms with E-state index < -0.39 is 48.6 Å². The number of hydrogen-bond acceptors (Lipinski definition) is 12. The number of aliphatic hydroxyl groups excluding tert-OH is 2. The van der Waals surface area contributed by atoms with E-state index in [1.165, 1.54) is 17.2 Å². The molecule has 0 radical (unpaired) electrons. The van der Waals surface area contributed by atoms with Crippen LogP contribution < -0.4 is 17.2 Å². The Labute approximate surface area is 214 Å². The summed E-state index contributed by atoms with van der Waals surface area (Å²) >= 11 is 1.55. The third-order valence-corrected chi connectivity index (χ3v) is 9.51. The first-order valence-electron chi connectivity index (χ1n) is 11.2. The van der Waals surface area contributed by atoms with E-state index in [0.29, 0.717) is 46.3 Å². The minimum absolute atomic E-state index is 0.182. The third-order valence-electron chi connectivity index (χ3n) is 5.84. The number of carboxylic acids is 2. The molecular formula is C20H32N7O7S2+. The van der Waals surface area contributed by atoms with Gasteiger partial charge in [-0.25, -0.2) is 15.0 Å². The Morgan fingerprint density at radius 2 is 1.75 bits per heavy atom. The molecule has 0 amide bonds. The summed E-state index contributed by atoms with van der Waals surface area (Å²) < 4.78 is 7.54. The van der Waals surface area contributed by atoms with Crippen molar-refractivity contribution in [3.8, 4) is 0 Å². The number of fused-ring (bicyclic) bond motifs is 1. The van der Waals surface area contributed by atoms with E-state index in [1.54, 1.807) is 11.8 Å². The van der Waals surface area contributed by atoms with Crippen molar-refractivity contribution in [2.75, 3.05) is 34.5 Å². The summed E-state index contributed by atoms with van der Waals surface area (Å²) in [4.78, 5) is 34.2. The zero-order chi connectivity index (χ0) is 26.4. The van der Waals surface area contributed by atoms with E-state index in [-0.39, 0.29) is 23.1 Å². The fraction of sp³-hybridized carbons (Fsp3) is 0.650. The first-order valence-corrected chi connectivity index (χ1v) is 14.1. The Morgan fingerprint density at radius 3 is 2.44 bits per heavy atom. The molecule has 1 aliphatic heterocycles. The molecule has 1 aliphatic rings. The number of hydrogen-bond donors (Lipinski definition) is 7. The van der Waals surface area contributed by atoms with E-state index in [4.69, 9.17) is 32.2 Å². The van der Waals surface area contributed by atoms with Crippen LogP contribution in [0.1, 0.15) is 19.1 Å². The fourth-order valence-electron chi connectivity index (χ4n) is 3.68. The van der Waals surface area contributed by atoms with Crippen molar-refractivity contribution in [3.05, 3.63) is 12.7 Å². The number of imidazole rings is 1. The van der Waals surface area contributed by atoms with Gasteiger partial charge in [0.2, 0.25) is 0 Å². The molecule has 0 bridgehead atoms. The van der Waals surface area contributed by atoms with Crippen LogP contribution in [0.2, 0.25) is 0 Å². The van der Waals surface area contributed by atoms with Gasteiger partial charge in [-0.1, -0.05) is 0 Å². The number of carbonyl (C=O) groups is 2. The normalized spacial score (nSPS) is 24.6. The number of nitrogens with two attached hydrogens (primary N) is 3. The Balaban J connectivity index is 1.63. The number of aromatic nitrogens is 4. The van der Waals surface area contributed by atoms with Crippen molar-refractivity contribution in [3.63, 3.8) is 0 Å². The van der Waals surface area contributed by atoms with E-state index in [9.17, 15) is 19.8 Å². The highest BCUT2D eigenvalue weighted by Crippen LogP contribution is 2.33. The summed E-state index contributed by atoms with van der Waals surface area (Å²) in [6.45, 7) is 0. The number of anilines is 1. The molecule has 16 heteroatoms.